The molecule has 0 spiro atoms. The Morgan fingerprint density at radius 3 is 2.56 bits per heavy atom. The van der Waals surface area contributed by atoms with Crippen LogP contribution in [0.4, 0.5) is 0 Å². The van der Waals surface area contributed by atoms with Crippen LogP contribution >= 0.6 is 11.6 Å². The molecule has 0 saturated heterocycles. The van der Waals surface area contributed by atoms with Gasteiger partial charge in [-0.1, -0.05) is 0 Å². The average molecular weight is 266 g/mol. The number of Topliss-reactive ketones (excluding diaryl/α,β-unsaturated/α-hetero) is 1. The van der Waals surface area contributed by atoms with Crippen LogP contribution in [0, 0.1) is 6.92 Å². The molecule has 18 heavy (non-hydrogen) atoms. The minimum Gasteiger partial charge on any atom is -0.497 e. The van der Waals surface area contributed by atoms with Gasteiger partial charge in [0.1, 0.15) is 5.75 Å². The van der Waals surface area contributed by atoms with Gasteiger partial charge in [-0.25, -0.2) is 0 Å². The number of fused-ring (bicyclic) bond motifs is 1. The summed E-state index contributed by atoms with van der Waals surface area (Å²) < 4.78 is 6.98. The summed E-state index contributed by atoms with van der Waals surface area (Å²) in [6.07, 6.45) is 0. The Labute approximate surface area is 109 Å². The Bertz CT molecular complexity index is 658. The van der Waals surface area contributed by atoms with Crippen molar-refractivity contribution in [3.05, 3.63) is 29.5 Å². The van der Waals surface area contributed by atoms with Crippen LogP contribution < -0.4 is 4.74 Å². The summed E-state index contributed by atoms with van der Waals surface area (Å²) in [5, 5.41) is -0.304. The zero-order chi connectivity index (χ0) is 13.4. The fraction of sp³-hybridized carbons (Fsp3) is 0.231. The molecule has 94 valence electrons. The van der Waals surface area contributed by atoms with E-state index in [4.69, 9.17) is 16.3 Å². The van der Waals surface area contributed by atoms with Gasteiger partial charge in [0.2, 0.25) is 5.78 Å². The average Bonchev–Trinajstić information content (AvgIpc) is 2.60. The summed E-state index contributed by atoms with van der Waals surface area (Å²) in [5.41, 5.74) is 1.90. The Hall–Kier alpha value is -1.81. The van der Waals surface area contributed by atoms with Gasteiger partial charge in [0, 0.05) is 23.6 Å². The molecular weight excluding hydrogens is 254 g/mol. The lowest BCUT2D eigenvalue weighted by atomic mass is 10.1. The number of benzene rings is 1. The van der Waals surface area contributed by atoms with E-state index in [0.29, 0.717) is 22.4 Å². The third-order valence-electron chi connectivity index (χ3n) is 3.10. The van der Waals surface area contributed by atoms with Crippen LogP contribution in [0.5, 0.6) is 5.75 Å². The lowest BCUT2D eigenvalue weighted by molar-refractivity contribution is -0.108. The first-order chi connectivity index (χ1) is 8.47. The fourth-order valence-electron chi connectivity index (χ4n) is 2.06. The highest BCUT2D eigenvalue weighted by Gasteiger charge is 2.23. The number of aryl methyl sites for hydroxylation is 1. The second-order valence-corrected chi connectivity index (χ2v) is 4.35. The molecule has 0 saturated carbocycles. The van der Waals surface area contributed by atoms with E-state index in [1.54, 1.807) is 26.2 Å². The Morgan fingerprint density at radius 2 is 2.00 bits per heavy atom. The van der Waals surface area contributed by atoms with Crippen molar-refractivity contribution >= 4 is 33.5 Å². The topological polar surface area (TPSA) is 48.3 Å². The van der Waals surface area contributed by atoms with Gasteiger partial charge < -0.3 is 9.30 Å². The van der Waals surface area contributed by atoms with Crippen LogP contribution in [-0.2, 0) is 11.8 Å². The summed E-state index contributed by atoms with van der Waals surface area (Å²) in [6.45, 7) is 1.78. The molecule has 0 aliphatic heterocycles. The monoisotopic (exact) mass is 265 g/mol. The SMILES string of the molecule is COc1ccc2c(c1)c(C(=O)C(=O)Cl)c(C)n2C. The highest BCUT2D eigenvalue weighted by molar-refractivity contribution is 6.83. The van der Waals surface area contributed by atoms with Gasteiger partial charge in [0.05, 0.1) is 12.7 Å². The molecule has 0 aliphatic carbocycles. The number of ether oxygens (including phenoxy) is 1. The number of carbonyl (C=O) groups excluding carboxylic acids is 2. The van der Waals surface area contributed by atoms with Crippen molar-refractivity contribution in [2.24, 2.45) is 7.05 Å². The van der Waals surface area contributed by atoms with Crippen molar-refractivity contribution in [3.63, 3.8) is 0 Å². The van der Waals surface area contributed by atoms with Crippen LogP contribution in [0.2, 0.25) is 0 Å². The van der Waals surface area contributed by atoms with Crippen molar-refractivity contribution in [3.8, 4) is 5.75 Å². The first kappa shape index (κ1) is 12.6. The zero-order valence-electron chi connectivity index (χ0n) is 10.3. The maximum atomic E-state index is 11.9. The van der Waals surface area contributed by atoms with Crippen LogP contribution in [0.25, 0.3) is 10.9 Å². The van der Waals surface area contributed by atoms with Gasteiger partial charge in [-0.15, -0.1) is 0 Å². The third kappa shape index (κ3) is 1.78. The highest BCUT2D eigenvalue weighted by Crippen LogP contribution is 2.29. The van der Waals surface area contributed by atoms with Crippen molar-refractivity contribution in [1.82, 2.24) is 4.57 Å². The van der Waals surface area contributed by atoms with E-state index in [0.717, 1.165) is 5.52 Å². The number of rotatable bonds is 3. The van der Waals surface area contributed by atoms with Gasteiger partial charge in [-0.3, -0.25) is 9.59 Å². The van der Waals surface area contributed by atoms with Crippen molar-refractivity contribution in [2.75, 3.05) is 7.11 Å². The molecule has 0 radical (unpaired) electrons. The summed E-state index contributed by atoms with van der Waals surface area (Å²) >= 11 is 5.29. The van der Waals surface area contributed by atoms with Gasteiger partial charge in [0.25, 0.3) is 5.24 Å². The molecule has 1 aromatic heterocycles. The number of halogens is 1. The largest absolute Gasteiger partial charge is 0.497 e. The van der Waals surface area contributed by atoms with Gasteiger partial charge in [0.15, 0.2) is 0 Å². The summed E-state index contributed by atoms with van der Waals surface area (Å²) in [4.78, 5) is 22.9. The number of methoxy groups -OCH3 is 1. The van der Waals surface area contributed by atoms with E-state index in [-0.39, 0.29) is 0 Å². The predicted molar refractivity (Wildman–Crippen MR) is 69.4 cm³/mol. The molecule has 1 heterocycles. The first-order valence-corrected chi connectivity index (χ1v) is 5.72. The van der Waals surface area contributed by atoms with E-state index in [1.807, 2.05) is 17.7 Å². The van der Waals surface area contributed by atoms with Crippen molar-refractivity contribution in [1.29, 1.82) is 0 Å². The minimum absolute atomic E-state index is 0.339. The molecule has 0 bridgehead atoms. The van der Waals surface area contributed by atoms with Crippen LogP contribution in [0.1, 0.15) is 16.1 Å². The van der Waals surface area contributed by atoms with E-state index in [9.17, 15) is 9.59 Å². The number of carbonyl (C=O) groups is 2. The van der Waals surface area contributed by atoms with E-state index in [1.165, 1.54) is 0 Å². The van der Waals surface area contributed by atoms with E-state index < -0.39 is 11.0 Å². The molecule has 0 unspecified atom stereocenters. The molecular formula is C13H12ClNO3. The van der Waals surface area contributed by atoms with E-state index in [2.05, 4.69) is 0 Å². The van der Waals surface area contributed by atoms with Crippen molar-refractivity contribution < 1.29 is 14.3 Å². The van der Waals surface area contributed by atoms with Gasteiger partial charge >= 0.3 is 0 Å². The van der Waals surface area contributed by atoms with Crippen LogP contribution in [-0.4, -0.2) is 22.7 Å². The molecule has 0 N–H and O–H groups in total. The molecule has 0 fully saturated rings. The second kappa shape index (κ2) is 4.46. The standard InChI is InChI=1S/C13H12ClNO3/c1-7-11(12(16)13(14)17)9-6-8(18-3)4-5-10(9)15(7)2/h4-6H,1-3H3. The van der Waals surface area contributed by atoms with Crippen LogP contribution in [0.3, 0.4) is 0 Å². The minimum atomic E-state index is -0.978. The zero-order valence-corrected chi connectivity index (χ0v) is 11.0. The molecule has 4 nitrogen and oxygen atoms in total. The van der Waals surface area contributed by atoms with Crippen molar-refractivity contribution in [2.45, 2.75) is 6.92 Å². The molecule has 5 heteroatoms. The number of aromatic nitrogens is 1. The van der Waals surface area contributed by atoms with Crippen LogP contribution in [0.15, 0.2) is 18.2 Å². The molecule has 1 aromatic carbocycles. The highest BCUT2D eigenvalue weighted by atomic mass is 35.5. The molecule has 0 amide bonds. The Balaban J connectivity index is 2.82. The molecule has 0 atom stereocenters. The lowest BCUT2D eigenvalue weighted by Crippen LogP contribution is -2.09. The Kier molecular flexibility index (Phi) is 3.13. The maximum Gasteiger partial charge on any atom is 0.293 e. The fourth-order valence-corrected chi connectivity index (χ4v) is 2.16. The van der Waals surface area contributed by atoms with Gasteiger partial charge in [-0.05, 0) is 36.7 Å². The quantitative estimate of drug-likeness (QED) is 0.487. The Morgan fingerprint density at radius 1 is 1.33 bits per heavy atom. The lowest BCUT2D eigenvalue weighted by Gasteiger charge is -2.00. The number of hydrogen-bond acceptors (Lipinski definition) is 3. The number of hydrogen-bond donors (Lipinski definition) is 0. The summed E-state index contributed by atoms with van der Waals surface area (Å²) in [6, 6.07) is 5.38. The molecule has 0 aliphatic rings. The molecule has 2 rings (SSSR count). The smallest absolute Gasteiger partial charge is 0.293 e. The normalized spacial score (nSPS) is 10.7. The maximum absolute atomic E-state index is 11.9. The second-order valence-electron chi connectivity index (χ2n) is 4.01. The number of ketones is 1. The summed E-state index contributed by atoms with van der Waals surface area (Å²) in [5.74, 6) is -0.0582. The third-order valence-corrected chi connectivity index (χ3v) is 3.28. The number of nitrogens with zero attached hydrogens (tertiary/aromatic N) is 1. The predicted octanol–water partition coefficient (Wildman–Crippen LogP) is 2.44. The summed E-state index contributed by atoms with van der Waals surface area (Å²) in [7, 11) is 3.38. The van der Waals surface area contributed by atoms with Gasteiger partial charge in [-0.2, -0.15) is 0 Å². The first-order valence-electron chi connectivity index (χ1n) is 5.34. The molecule has 2 aromatic rings. The van der Waals surface area contributed by atoms with E-state index >= 15 is 0 Å².